The van der Waals surface area contributed by atoms with Gasteiger partial charge in [-0.05, 0) is 47.7 Å². The Morgan fingerprint density at radius 3 is 2.48 bits per heavy atom. The van der Waals surface area contributed by atoms with Gasteiger partial charge in [-0.25, -0.2) is 4.98 Å². The molecular formula is C27H36N4O2. The van der Waals surface area contributed by atoms with Crippen LogP contribution in [-0.2, 0) is 23.2 Å². The number of unbranched alkanes of at least 4 members (excludes halogenated alkanes) is 1. The summed E-state index contributed by atoms with van der Waals surface area (Å²) < 4.78 is 7.83. The van der Waals surface area contributed by atoms with E-state index < -0.39 is 0 Å². The van der Waals surface area contributed by atoms with E-state index in [9.17, 15) is 4.79 Å². The van der Waals surface area contributed by atoms with Gasteiger partial charge in [0.25, 0.3) is 5.91 Å². The average molecular weight is 449 g/mol. The fourth-order valence-electron chi connectivity index (χ4n) is 4.23. The van der Waals surface area contributed by atoms with Crippen molar-refractivity contribution >= 4 is 22.6 Å². The molecule has 0 radical (unpaired) electrons. The van der Waals surface area contributed by atoms with E-state index in [0.29, 0.717) is 5.56 Å². The molecule has 0 aliphatic carbocycles. The van der Waals surface area contributed by atoms with Crippen molar-refractivity contribution in [1.29, 1.82) is 0 Å². The van der Waals surface area contributed by atoms with Crippen LogP contribution in [0.2, 0.25) is 0 Å². The van der Waals surface area contributed by atoms with Crippen LogP contribution in [0.15, 0.2) is 42.5 Å². The Labute approximate surface area is 196 Å². The third kappa shape index (κ3) is 5.63. The smallest absolute Gasteiger partial charge is 0.255 e. The average Bonchev–Trinajstić information content (AvgIpc) is 3.13. The van der Waals surface area contributed by atoms with Crippen molar-refractivity contribution in [1.82, 2.24) is 14.5 Å². The summed E-state index contributed by atoms with van der Waals surface area (Å²) >= 11 is 0. The number of imidazole rings is 1. The van der Waals surface area contributed by atoms with Crippen molar-refractivity contribution in [2.24, 2.45) is 0 Å². The summed E-state index contributed by atoms with van der Waals surface area (Å²) in [6.07, 6.45) is 2.25. The zero-order chi connectivity index (χ0) is 23.4. The lowest BCUT2D eigenvalue weighted by molar-refractivity contribution is 0.0326. The summed E-state index contributed by atoms with van der Waals surface area (Å²) in [7, 11) is 0. The molecule has 4 rings (SSSR count). The van der Waals surface area contributed by atoms with Gasteiger partial charge in [-0.3, -0.25) is 9.69 Å². The number of hydrogen-bond donors (Lipinski definition) is 1. The number of ether oxygens (including phenoxy) is 1. The van der Waals surface area contributed by atoms with Gasteiger partial charge in [-0.1, -0.05) is 46.2 Å². The van der Waals surface area contributed by atoms with E-state index in [0.717, 1.165) is 74.8 Å². The summed E-state index contributed by atoms with van der Waals surface area (Å²) in [5.74, 6) is 0.982. The first-order valence-electron chi connectivity index (χ1n) is 12.1. The van der Waals surface area contributed by atoms with E-state index in [4.69, 9.17) is 9.72 Å². The van der Waals surface area contributed by atoms with Crippen molar-refractivity contribution in [3.63, 3.8) is 0 Å². The SMILES string of the molecule is CCCCn1c(CN2CCOCC2)nc2cc(NC(=O)c3ccc(C(C)(C)C)cc3)ccc21. The molecule has 1 aromatic heterocycles. The highest BCUT2D eigenvalue weighted by Crippen LogP contribution is 2.24. The number of carbonyl (C=O) groups excluding carboxylic acids is 1. The zero-order valence-electron chi connectivity index (χ0n) is 20.4. The first-order valence-corrected chi connectivity index (χ1v) is 12.1. The third-order valence-corrected chi connectivity index (χ3v) is 6.30. The molecule has 33 heavy (non-hydrogen) atoms. The molecule has 6 heteroatoms. The highest BCUT2D eigenvalue weighted by molar-refractivity contribution is 6.05. The van der Waals surface area contributed by atoms with Crippen LogP contribution in [-0.4, -0.2) is 46.7 Å². The summed E-state index contributed by atoms with van der Waals surface area (Å²) in [6, 6.07) is 13.9. The van der Waals surface area contributed by atoms with Gasteiger partial charge in [-0.2, -0.15) is 0 Å². The number of hydrogen-bond acceptors (Lipinski definition) is 4. The van der Waals surface area contributed by atoms with Crippen LogP contribution in [0.25, 0.3) is 11.0 Å². The van der Waals surface area contributed by atoms with Gasteiger partial charge in [0, 0.05) is 30.9 Å². The minimum absolute atomic E-state index is 0.0651. The maximum atomic E-state index is 12.8. The monoisotopic (exact) mass is 448 g/mol. The minimum atomic E-state index is -0.103. The van der Waals surface area contributed by atoms with Crippen LogP contribution in [0.1, 0.15) is 62.3 Å². The van der Waals surface area contributed by atoms with Gasteiger partial charge in [0.2, 0.25) is 0 Å². The second kappa shape index (κ2) is 10.1. The summed E-state index contributed by atoms with van der Waals surface area (Å²) in [6.45, 7) is 13.9. The number of nitrogens with zero attached hydrogens (tertiary/aromatic N) is 3. The Bertz CT molecular complexity index is 1090. The molecule has 3 aromatic rings. The molecule has 0 bridgehead atoms. The molecule has 0 unspecified atom stereocenters. The molecule has 1 aliphatic rings. The highest BCUT2D eigenvalue weighted by Gasteiger charge is 2.18. The van der Waals surface area contributed by atoms with E-state index >= 15 is 0 Å². The lowest BCUT2D eigenvalue weighted by atomic mass is 9.87. The number of rotatable bonds is 7. The fraction of sp³-hybridized carbons (Fsp3) is 0.481. The summed E-state index contributed by atoms with van der Waals surface area (Å²) in [5, 5.41) is 3.05. The number of aryl methyl sites for hydroxylation is 1. The standard InChI is InChI=1S/C27H36N4O2/c1-5-6-13-31-24-12-11-22(18-23(24)29-25(31)19-30-14-16-33-17-15-30)28-26(32)20-7-9-21(10-8-20)27(2,3)4/h7-12,18H,5-6,13-17,19H2,1-4H3,(H,28,32). The molecule has 2 aromatic carbocycles. The lowest BCUT2D eigenvalue weighted by Gasteiger charge is -2.26. The minimum Gasteiger partial charge on any atom is -0.379 e. The molecule has 6 nitrogen and oxygen atoms in total. The molecule has 176 valence electrons. The van der Waals surface area contributed by atoms with Crippen molar-refractivity contribution < 1.29 is 9.53 Å². The molecule has 0 spiro atoms. The summed E-state index contributed by atoms with van der Waals surface area (Å²) in [5.41, 5.74) is 4.76. The van der Waals surface area contributed by atoms with Gasteiger partial charge < -0.3 is 14.6 Å². The highest BCUT2D eigenvalue weighted by atomic mass is 16.5. The first kappa shape index (κ1) is 23.5. The van der Waals surface area contributed by atoms with Crippen molar-refractivity contribution in [3.05, 3.63) is 59.4 Å². The lowest BCUT2D eigenvalue weighted by Crippen LogP contribution is -2.36. The van der Waals surface area contributed by atoms with Crippen LogP contribution < -0.4 is 5.32 Å². The van der Waals surface area contributed by atoms with E-state index in [2.05, 4.69) is 48.5 Å². The second-order valence-electron chi connectivity index (χ2n) is 9.91. The van der Waals surface area contributed by atoms with Crippen LogP contribution in [0.4, 0.5) is 5.69 Å². The molecule has 1 N–H and O–H groups in total. The van der Waals surface area contributed by atoms with E-state index in [1.807, 2.05) is 36.4 Å². The number of carbonyl (C=O) groups is 1. The van der Waals surface area contributed by atoms with Gasteiger partial charge >= 0.3 is 0 Å². The number of amides is 1. The zero-order valence-corrected chi connectivity index (χ0v) is 20.4. The first-order chi connectivity index (χ1) is 15.8. The number of morpholine rings is 1. The van der Waals surface area contributed by atoms with E-state index in [1.54, 1.807) is 0 Å². The van der Waals surface area contributed by atoms with Crippen LogP contribution >= 0.6 is 0 Å². The molecule has 1 amide bonds. The molecule has 1 fully saturated rings. The number of fused-ring (bicyclic) bond motifs is 1. The topological polar surface area (TPSA) is 59.4 Å². The van der Waals surface area contributed by atoms with Crippen molar-refractivity contribution in [2.75, 3.05) is 31.6 Å². The number of benzene rings is 2. The third-order valence-electron chi connectivity index (χ3n) is 6.30. The number of aromatic nitrogens is 2. The van der Waals surface area contributed by atoms with Gasteiger partial charge in [0.1, 0.15) is 5.82 Å². The number of anilines is 1. The van der Waals surface area contributed by atoms with Gasteiger partial charge in [0.15, 0.2) is 0 Å². The maximum Gasteiger partial charge on any atom is 0.255 e. The number of nitrogens with one attached hydrogen (secondary N) is 1. The van der Waals surface area contributed by atoms with Crippen molar-refractivity contribution in [3.8, 4) is 0 Å². The predicted molar refractivity (Wildman–Crippen MR) is 134 cm³/mol. The second-order valence-corrected chi connectivity index (χ2v) is 9.91. The van der Waals surface area contributed by atoms with Gasteiger partial charge in [-0.15, -0.1) is 0 Å². The Balaban J connectivity index is 1.54. The molecular weight excluding hydrogens is 412 g/mol. The molecule has 0 atom stereocenters. The molecule has 1 saturated heterocycles. The predicted octanol–water partition coefficient (Wildman–Crippen LogP) is 5.22. The largest absolute Gasteiger partial charge is 0.379 e. The Morgan fingerprint density at radius 2 is 1.82 bits per heavy atom. The quantitative estimate of drug-likeness (QED) is 0.538. The van der Waals surface area contributed by atoms with Crippen LogP contribution in [0, 0.1) is 0 Å². The fourth-order valence-corrected chi connectivity index (χ4v) is 4.23. The Kier molecular flexibility index (Phi) is 7.15. The molecule has 1 aliphatic heterocycles. The molecule has 2 heterocycles. The van der Waals surface area contributed by atoms with Crippen molar-refractivity contribution in [2.45, 2.75) is 59.0 Å². The van der Waals surface area contributed by atoms with Crippen LogP contribution in [0.3, 0.4) is 0 Å². The Morgan fingerprint density at radius 1 is 1.09 bits per heavy atom. The van der Waals surface area contributed by atoms with E-state index in [-0.39, 0.29) is 11.3 Å². The van der Waals surface area contributed by atoms with Gasteiger partial charge in [0.05, 0.1) is 30.8 Å². The normalized spacial score (nSPS) is 15.2. The summed E-state index contributed by atoms with van der Waals surface area (Å²) in [4.78, 5) is 20.2. The van der Waals surface area contributed by atoms with E-state index in [1.165, 1.54) is 5.56 Å². The molecule has 0 saturated carbocycles. The maximum absolute atomic E-state index is 12.8. The Hall–Kier alpha value is -2.70. The van der Waals surface area contributed by atoms with Crippen LogP contribution in [0.5, 0.6) is 0 Å².